The third-order valence-electron chi connectivity index (χ3n) is 3.43. The molecule has 1 aromatic rings. The highest BCUT2D eigenvalue weighted by Gasteiger charge is 2.36. The van der Waals surface area contributed by atoms with E-state index in [1.54, 1.807) is 0 Å². The standard InChI is InChI=1S/C15H23NO7/c17-8-10(18)11(19)12(20)13(21)14(22)15(23)16-7-6-9-4-2-1-3-5-9/h1-5,10-14,17-22H,6-8H2,(H,16,23)/t10-,11-,12-,13-,14+/m1/s1. The predicted molar refractivity (Wildman–Crippen MR) is 80.3 cm³/mol. The van der Waals surface area contributed by atoms with E-state index in [0.29, 0.717) is 6.42 Å². The second kappa shape index (κ2) is 9.56. The summed E-state index contributed by atoms with van der Waals surface area (Å²) in [6.45, 7) is -0.630. The number of carbonyl (C=O) groups is 1. The van der Waals surface area contributed by atoms with Crippen LogP contribution in [0.25, 0.3) is 0 Å². The fraction of sp³-hybridized carbons (Fsp3) is 0.533. The van der Waals surface area contributed by atoms with Crippen LogP contribution in [0.15, 0.2) is 30.3 Å². The van der Waals surface area contributed by atoms with Crippen LogP contribution in [-0.2, 0) is 11.2 Å². The van der Waals surface area contributed by atoms with Gasteiger partial charge in [-0.15, -0.1) is 0 Å². The van der Waals surface area contributed by atoms with E-state index in [1.807, 2.05) is 30.3 Å². The zero-order valence-electron chi connectivity index (χ0n) is 12.5. The van der Waals surface area contributed by atoms with Gasteiger partial charge >= 0.3 is 0 Å². The Balaban J connectivity index is 2.45. The molecule has 1 amide bonds. The molecule has 0 aliphatic heterocycles. The molecule has 7 N–H and O–H groups in total. The topological polar surface area (TPSA) is 150 Å². The van der Waals surface area contributed by atoms with Gasteiger partial charge in [0.25, 0.3) is 5.91 Å². The Morgan fingerprint density at radius 3 is 2.13 bits per heavy atom. The molecule has 0 aliphatic carbocycles. The minimum Gasteiger partial charge on any atom is -0.394 e. The van der Waals surface area contributed by atoms with E-state index in [0.717, 1.165) is 5.56 Å². The molecule has 0 aliphatic rings. The molecule has 0 aromatic heterocycles. The average Bonchev–Trinajstić information content (AvgIpc) is 2.59. The molecule has 130 valence electrons. The lowest BCUT2D eigenvalue weighted by Gasteiger charge is -2.27. The quantitative estimate of drug-likeness (QED) is 0.257. The summed E-state index contributed by atoms with van der Waals surface area (Å²) in [5, 5.41) is 58.6. The van der Waals surface area contributed by atoms with Crippen LogP contribution in [-0.4, -0.2) is 80.2 Å². The maximum absolute atomic E-state index is 11.7. The van der Waals surface area contributed by atoms with Gasteiger partial charge in [0.15, 0.2) is 6.10 Å². The van der Waals surface area contributed by atoms with Gasteiger partial charge in [-0.2, -0.15) is 0 Å². The summed E-state index contributed by atoms with van der Waals surface area (Å²) in [4.78, 5) is 11.7. The zero-order valence-corrected chi connectivity index (χ0v) is 12.5. The second-order valence-corrected chi connectivity index (χ2v) is 5.19. The van der Waals surface area contributed by atoms with Crippen LogP contribution in [0.2, 0.25) is 0 Å². The van der Waals surface area contributed by atoms with Crippen molar-refractivity contribution < 1.29 is 35.4 Å². The van der Waals surface area contributed by atoms with Crippen molar-refractivity contribution in [2.45, 2.75) is 36.9 Å². The van der Waals surface area contributed by atoms with Crippen LogP contribution in [0.5, 0.6) is 0 Å². The molecular formula is C15H23NO7. The average molecular weight is 329 g/mol. The molecule has 5 atom stereocenters. The minimum atomic E-state index is -2.01. The predicted octanol–water partition coefficient (Wildman–Crippen LogP) is -2.86. The number of hydrogen-bond acceptors (Lipinski definition) is 7. The molecule has 0 bridgehead atoms. The smallest absolute Gasteiger partial charge is 0.251 e. The lowest BCUT2D eigenvalue weighted by molar-refractivity contribution is -0.156. The van der Waals surface area contributed by atoms with Crippen LogP contribution in [0, 0.1) is 0 Å². The van der Waals surface area contributed by atoms with Crippen LogP contribution < -0.4 is 5.32 Å². The number of carbonyl (C=O) groups excluding carboxylic acids is 1. The highest BCUT2D eigenvalue weighted by molar-refractivity contribution is 5.81. The molecule has 0 saturated carbocycles. The van der Waals surface area contributed by atoms with Crippen LogP contribution >= 0.6 is 0 Å². The molecule has 23 heavy (non-hydrogen) atoms. The number of rotatable bonds is 9. The van der Waals surface area contributed by atoms with Gasteiger partial charge in [0.1, 0.15) is 24.4 Å². The lowest BCUT2D eigenvalue weighted by atomic mass is 9.99. The summed E-state index contributed by atoms with van der Waals surface area (Å²) in [5.74, 6) is -0.918. The third kappa shape index (κ3) is 5.87. The van der Waals surface area contributed by atoms with E-state index < -0.39 is 43.0 Å². The molecule has 8 heteroatoms. The van der Waals surface area contributed by atoms with E-state index in [9.17, 15) is 30.3 Å². The Labute approximate surface area is 133 Å². The molecule has 0 unspecified atom stereocenters. The van der Waals surface area contributed by atoms with Crippen molar-refractivity contribution in [1.29, 1.82) is 0 Å². The van der Waals surface area contributed by atoms with E-state index in [4.69, 9.17) is 5.11 Å². The molecule has 1 aromatic carbocycles. The molecule has 1 rings (SSSR count). The Hall–Kier alpha value is -1.55. The van der Waals surface area contributed by atoms with E-state index in [2.05, 4.69) is 5.32 Å². The fourth-order valence-electron chi connectivity index (χ4n) is 1.96. The van der Waals surface area contributed by atoms with Crippen molar-refractivity contribution in [1.82, 2.24) is 5.32 Å². The minimum absolute atomic E-state index is 0.213. The van der Waals surface area contributed by atoms with Crippen molar-refractivity contribution in [3.05, 3.63) is 35.9 Å². The van der Waals surface area contributed by atoms with Crippen LogP contribution in [0.4, 0.5) is 0 Å². The van der Waals surface area contributed by atoms with Gasteiger partial charge in [-0.3, -0.25) is 4.79 Å². The van der Waals surface area contributed by atoms with E-state index in [1.165, 1.54) is 0 Å². The van der Waals surface area contributed by atoms with Crippen molar-refractivity contribution in [3.8, 4) is 0 Å². The van der Waals surface area contributed by atoms with Gasteiger partial charge in [0.2, 0.25) is 0 Å². The van der Waals surface area contributed by atoms with Gasteiger partial charge in [-0.25, -0.2) is 0 Å². The molecule has 0 heterocycles. The second-order valence-electron chi connectivity index (χ2n) is 5.19. The van der Waals surface area contributed by atoms with Crippen molar-refractivity contribution in [2.24, 2.45) is 0 Å². The van der Waals surface area contributed by atoms with Crippen molar-refractivity contribution >= 4 is 5.91 Å². The number of aliphatic hydroxyl groups is 6. The number of benzene rings is 1. The number of amides is 1. The Morgan fingerprint density at radius 2 is 1.57 bits per heavy atom. The summed E-state index contributed by atoms with van der Waals surface area (Å²) in [5.41, 5.74) is 0.976. The van der Waals surface area contributed by atoms with Gasteiger partial charge in [0.05, 0.1) is 6.61 Å². The van der Waals surface area contributed by atoms with E-state index in [-0.39, 0.29) is 6.54 Å². The first-order valence-corrected chi connectivity index (χ1v) is 7.21. The van der Waals surface area contributed by atoms with Gasteiger partial charge in [0, 0.05) is 6.54 Å². The molecular weight excluding hydrogens is 306 g/mol. The molecule has 0 fully saturated rings. The van der Waals surface area contributed by atoms with E-state index >= 15 is 0 Å². The zero-order chi connectivity index (χ0) is 17.4. The number of nitrogens with one attached hydrogen (secondary N) is 1. The lowest BCUT2D eigenvalue weighted by Crippen LogP contribution is -2.54. The number of hydrogen-bond donors (Lipinski definition) is 7. The normalized spacial score (nSPS) is 17.8. The first-order valence-electron chi connectivity index (χ1n) is 7.21. The molecule has 0 spiro atoms. The van der Waals surface area contributed by atoms with Crippen molar-refractivity contribution in [3.63, 3.8) is 0 Å². The summed E-state index contributed by atoms with van der Waals surface area (Å²) in [6.07, 6.45) is -9.07. The van der Waals surface area contributed by atoms with Crippen LogP contribution in [0.3, 0.4) is 0 Å². The Morgan fingerprint density at radius 1 is 0.957 bits per heavy atom. The summed E-state index contributed by atoms with van der Waals surface area (Å²) in [6, 6.07) is 9.29. The Bertz CT molecular complexity index is 470. The van der Waals surface area contributed by atoms with Gasteiger partial charge in [-0.05, 0) is 12.0 Å². The maximum atomic E-state index is 11.7. The monoisotopic (exact) mass is 329 g/mol. The first-order chi connectivity index (χ1) is 10.9. The fourth-order valence-corrected chi connectivity index (χ4v) is 1.96. The SMILES string of the molecule is O=C(NCCc1ccccc1)[C@@H](O)[C@H](O)[C@H](O)[C@H](O)[C@H](O)CO. The molecule has 0 radical (unpaired) electrons. The first kappa shape index (κ1) is 19.5. The maximum Gasteiger partial charge on any atom is 0.251 e. The van der Waals surface area contributed by atoms with Gasteiger partial charge in [-0.1, -0.05) is 30.3 Å². The van der Waals surface area contributed by atoms with Crippen LogP contribution in [0.1, 0.15) is 5.56 Å². The third-order valence-corrected chi connectivity index (χ3v) is 3.43. The summed E-state index contributed by atoms with van der Waals surface area (Å²) >= 11 is 0. The molecule has 0 saturated heterocycles. The van der Waals surface area contributed by atoms with Crippen molar-refractivity contribution in [2.75, 3.05) is 13.2 Å². The van der Waals surface area contributed by atoms with Gasteiger partial charge < -0.3 is 36.0 Å². The highest BCUT2D eigenvalue weighted by Crippen LogP contribution is 2.09. The Kier molecular flexibility index (Phi) is 8.10. The largest absolute Gasteiger partial charge is 0.394 e. The highest BCUT2D eigenvalue weighted by atomic mass is 16.4. The summed E-state index contributed by atoms with van der Waals surface area (Å²) < 4.78 is 0. The number of aliphatic hydroxyl groups excluding tert-OH is 6. The molecule has 8 nitrogen and oxygen atoms in total. The summed E-state index contributed by atoms with van der Waals surface area (Å²) in [7, 11) is 0.